The van der Waals surface area contributed by atoms with E-state index in [9.17, 15) is 13.2 Å². The lowest BCUT2D eigenvalue weighted by molar-refractivity contribution is -0.126. The molecule has 0 spiro atoms. The largest absolute Gasteiger partial charge is 0.349 e. The number of halogens is 1. The van der Waals surface area contributed by atoms with E-state index in [0.29, 0.717) is 31.0 Å². The van der Waals surface area contributed by atoms with Crippen molar-refractivity contribution in [2.75, 3.05) is 13.1 Å². The average Bonchev–Trinajstić information content (AvgIpc) is 2.73. The van der Waals surface area contributed by atoms with Crippen molar-refractivity contribution in [2.45, 2.75) is 25.8 Å². The second kappa shape index (κ2) is 9.57. The molecule has 1 aliphatic rings. The quantitative estimate of drug-likeness (QED) is 0.742. The molecule has 0 saturated carbocycles. The van der Waals surface area contributed by atoms with Gasteiger partial charge in [-0.2, -0.15) is 4.31 Å². The standard InChI is InChI=1S/C22H25ClN2O3S/c1-17(20-9-5-6-10-21(20)23)24-22(26)19-11-14-25(15-12-19)29(27,28)16-13-18-7-3-2-4-8-18/h2-10,13,16-17,19H,11-12,14-15H2,1H3,(H,24,26)/b16-13-/t17-/m1/s1. The molecular weight excluding hydrogens is 408 g/mol. The van der Waals surface area contributed by atoms with E-state index in [-0.39, 0.29) is 17.9 Å². The van der Waals surface area contributed by atoms with Crippen molar-refractivity contribution in [2.24, 2.45) is 5.92 Å². The molecule has 154 valence electrons. The van der Waals surface area contributed by atoms with Gasteiger partial charge in [-0.05, 0) is 43.0 Å². The van der Waals surface area contributed by atoms with E-state index in [4.69, 9.17) is 11.6 Å². The van der Waals surface area contributed by atoms with Crippen LogP contribution in [0.1, 0.15) is 36.9 Å². The van der Waals surface area contributed by atoms with Gasteiger partial charge in [0.05, 0.1) is 6.04 Å². The lowest BCUT2D eigenvalue weighted by Crippen LogP contribution is -2.42. The van der Waals surface area contributed by atoms with Crippen LogP contribution in [0.2, 0.25) is 5.02 Å². The first-order valence-corrected chi connectivity index (χ1v) is 11.5. The zero-order valence-electron chi connectivity index (χ0n) is 16.3. The predicted octanol–water partition coefficient (Wildman–Crippen LogP) is 4.23. The van der Waals surface area contributed by atoms with Crippen LogP contribution in [-0.4, -0.2) is 31.7 Å². The highest BCUT2D eigenvalue weighted by molar-refractivity contribution is 7.92. The minimum Gasteiger partial charge on any atom is -0.349 e. The number of nitrogens with zero attached hydrogens (tertiary/aromatic N) is 1. The van der Waals surface area contributed by atoms with E-state index >= 15 is 0 Å². The van der Waals surface area contributed by atoms with Crippen molar-refractivity contribution in [3.8, 4) is 0 Å². The summed E-state index contributed by atoms with van der Waals surface area (Å²) in [4.78, 5) is 12.6. The highest BCUT2D eigenvalue weighted by Gasteiger charge is 2.30. The molecule has 0 unspecified atom stereocenters. The summed E-state index contributed by atoms with van der Waals surface area (Å²) in [5.74, 6) is -0.265. The fourth-order valence-electron chi connectivity index (χ4n) is 3.42. The molecule has 0 radical (unpaired) electrons. The van der Waals surface area contributed by atoms with Crippen molar-refractivity contribution < 1.29 is 13.2 Å². The Balaban J connectivity index is 1.55. The molecule has 29 heavy (non-hydrogen) atoms. The number of nitrogens with one attached hydrogen (secondary N) is 1. The number of hydrogen-bond donors (Lipinski definition) is 1. The normalized spacial score (nSPS) is 17.3. The number of benzene rings is 2. The highest BCUT2D eigenvalue weighted by Crippen LogP contribution is 2.25. The Morgan fingerprint density at radius 3 is 2.38 bits per heavy atom. The third kappa shape index (κ3) is 5.69. The Hall–Kier alpha value is -2.15. The molecule has 1 heterocycles. The van der Waals surface area contributed by atoms with Crippen molar-refractivity contribution in [3.63, 3.8) is 0 Å². The van der Waals surface area contributed by atoms with Gasteiger partial charge in [0.2, 0.25) is 15.9 Å². The van der Waals surface area contributed by atoms with E-state index in [1.165, 1.54) is 9.71 Å². The van der Waals surface area contributed by atoms with Gasteiger partial charge in [0, 0.05) is 29.4 Å². The van der Waals surface area contributed by atoms with Gasteiger partial charge in [-0.3, -0.25) is 4.79 Å². The highest BCUT2D eigenvalue weighted by atomic mass is 35.5. The van der Waals surface area contributed by atoms with E-state index in [1.807, 2.05) is 55.5 Å². The van der Waals surface area contributed by atoms with Crippen LogP contribution in [0.5, 0.6) is 0 Å². The molecule has 0 aliphatic carbocycles. The second-order valence-corrected chi connectivity index (χ2v) is 9.41. The molecule has 1 amide bonds. The van der Waals surface area contributed by atoms with Crippen LogP contribution in [0, 0.1) is 5.92 Å². The van der Waals surface area contributed by atoms with Gasteiger partial charge in [0.15, 0.2) is 0 Å². The Labute approximate surface area is 177 Å². The van der Waals surface area contributed by atoms with Crippen molar-refractivity contribution in [1.82, 2.24) is 9.62 Å². The van der Waals surface area contributed by atoms with Crippen molar-refractivity contribution >= 4 is 33.6 Å². The van der Waals surface area contributed by atoms with Gasteiger partial charge >= 0.3 is 0 Å². The van der Waals surface area contributed by atoms with Gasteiger partial charge in [-0.25, -0.2) is 8.42 Å². The zero-order chi connectivity index (χ0) is 20.9. The molecule has 2 aromatic rings. The number of rotatable bonds is 6. The average molecular weight is 433 g/mol. The predicted molar refractivity (Wildman–Crippen MR) is 117 cm³/mol. The van der Waals surface area contributed by atoms with E-state index in [2.05, 4.69) is 5.32 Å². The first kappa shape index (κ1) is 21.6. The second-order valence-electron chi connectivity index (χ2n) is 7.18. The molecule has 1 saturated heterocycles. The topological polar surface area (TPSA) is 66.5 Å². The smallest absolute Gasteiger partial charge is 0.236 e. The van der Waals surface area contributed by atoms with Crippen LogP contribution in [0.15, 0.2) is 60.0 Å². The number of hydrogen-bond acceptors (Lipinski definition) is 3. The van der Waals surface area contributed by atoms with Crippen LogP contribution < -0.4 is 5.32 Å². The van der Waals surface area contributed by atoms with Crippen LogP contribution in [-0.2, 0) is 14.8 Å². The first-order valence-electron chi connectivity index (χ1n) is 9.65. The molecule has 5 nitrogen and oxygen atoms in total. The van der Waals surface area contributed by atoms with E-state index in [1.54, 1.807) is 12.1 Å². The SMILES string of the molecule is C[C@@H](NC(=O)C1CCN(S(=O)(=O)/C=C\c2ccccc2)CC1)c1ccccc1Cl. The molecule has 2 aromatic carbocycles. The Morgan fingerprint density at radius 1 is 1.10 bits per heavy atom. The molecule has 1 atom stereocenters. The summed E-state index contributed by atoms with van der Waals surface area (Å²) < 4.78 is 26.6. The van der Waals surface area contributed by atoms with Gasteiger partial charge < -0.3 is 5.32 Å². The van der Waals surface area contributed by atoms with Crippen molar-refractivity contribution in [3.05, 3.63) is 76.2 Å². The maximum atomic E-state index is 12.6. The third-order valence-corrected chi connectivity index (χ3v) is 7.06. The molecule has 1 aliphatic heterocycles. The van der Waals surface area contributed by atoms with E-state index in [0.717, 1.165) is 11.1 Å². The summed E-state index contributed by atoms with van der Waals surface area (Å²) >= 11 is 6.20. The maximum Gasteiger partial charge on any atom is 0.236 e. The van der Waals surface area contributed by atoms with Crippen molar-refractivity contribution in [1.29, 1.82) is 0 Å². The van der Waals surface area contributed by atoms with Gasteiger partial charge in [-0.15, -0.1) is 0 Å². The fourth-order valence-corrected chi connectivity index (χ4v) is 4.94. The summed E-state index contributed by atoms with van der Waals surface area (Å²) in [5, 5.41) is 4.86. The molecular formula is C22H25ClN2O3S. The molecule has 3 rings (SSSR count). The molecule has 0 bridgehead atoms. The third-order valence-electron chi connectivity index (χ3n) is 5.15. The monoisotopic (exact) mass is 432 g/mol. The van der Waals surface area contributed by atoms with Gasteiger partial charge in [0.25, 0.3) is 0 Å². The number of sulfonamides is 1. The minimum atomic E-state index is -3.50. The molecule has 1 N–H and O–H groups in total. The summed E-state index contributed by atoms with van der Waals surface area (Å²) in [6.45, 7) is 2.56. The summed E-state index contributed by atoms with van der Waals surface area (Å²) in [7, 11) is -3.50. The fraction of sp³-hybridized carbons (Fsp3) is 0.318. The zero-order valence-corrected chi connectivity index (χ0v) is 17.9. The Bertz CT molecular complexity index is 969. The maximum absolute atomic E-state index is 12.6. The number of piperidine rings is 1. The summed E-state index contributed by atoms with van der Waals surface area (Å²) in [6, 6.07) is 16.5. The van der Waals surface area contributed by atoms with Crippen LogP contribution in [0.4, 0.5) is 0 Å². The number of amides is 1. The number of carbonyl (C=O) groups excluding carboxylic acids is 1. The Morgan fingerprint density at radius 2 is 1.72 bits per heavy atom. The summed E-state index contributed by atoms with van der Waals surface area (Å²) in [6.07, 6.45) is 2.60. The van der Waals surface area contributed by atoms with E-state index < -0.39 is 10.0 Å². The molecule has 7 heteroatoms. The van der Waals surface area contributed by atoms with Crippen LogP contribution >= 0.6 is 11.6 Å². The van der Waals surface area contributed by atoms with Crippen LogP contribution in [0.25, 0.3) is 6.08 Å². The lowest BCUT2D eigenvalue weighted by Gasteiger charge is -2.30. The van der Waals surface area contributed by atoms with Crippen LogP contribution in [0.3, 0.4) is 0 Å². The van der Waals surface area contributed by atoms with Gasteiger partial charge in [0.1, 0.15) is 0 Å². The minimum absolute atomic E-state index is 0.0608. The molecule has 0 aromatic heterocycles. The van der Waals surface area contributed by atoms with Gasteiger partial charge in [-0.1, -0.05) is 60.1 Å². The lowest BCUT2D eigenvalue weighted by atomic mass is 9.96. The first-order chi connectivity index (χ1) is 13.9. The molecule has 1 fully saturated rings. The number of carbonyl (C=O) groups is 1. The summed E-state index contributed by atoms with van der Waals surface area (Å²) in [5.41, 5.74) is 1.70. The Kier molecular flexibility index (Phi) is 7.11.